The van der Waals surface area contributed by atoms with Gasteiger partial charge in [0.05, 0.1) is 9.50 Å². The molecule has 0 bridgehead atoms. The Bertz CT molecular complexity index is 440. The summed E-state index contributed by atoms with van der Waals surface area (Å²) < 4.78 is 0.991. The highest BCUT2D eigenvalue weighted by atomic mass is 79.9. The van der Waals surface area contributed by atoms with Gasteiger partial charge in [-0.05, 0) is 40.8 Å². The molecule has 5 heteroatoms. The van der Waals surface area contributed by atoms with Gasteiger partial charge in [-0.25, -0.2) is 4.98 Å². The van der Waals surface area contributed by atoms with Gasteiger partial charge >= 0.3 is 0 Å². The molecule has 92 valence electrons. The zero-order valence-corrected chi connectivity index (χ0v) is 12.0. The van der Waals surface area contributed by atoms with Crippen LogP contribution in [0.15, 0.2) is 16.7 Å². The largest absolute Gasteiger partial charge is 0.352 e. The predicted octanol–water partition coefficient (Wildman–Crippen LogP) is 2.54. The van der Waals surface area contributed by atoms with Crippen LogP contribution in [0.2, 0.25) is 5.02 Å². The van der Waals surface area contributed by atoms with Gasteiger partial charge in [0.1, 0.15) is 5.82 Å². The number of nitrogens with one attached hydrogen (secondary N) is 1. The van der Waals surface area contributed by atoms with E-state index in [-0.39, 0.29) is 0 Å². The third kappa shape index (κ3) is 1.96. The fraction of sp³-hybridized carbons (Fsp3) is 0.583. The first-order chi connectivity index (χ1) is 8.16. The Kier molecular flexibility index (Phi) is 3.05. The summed E-state index contributed by atoms with van der Waals surface area (Å²) in [7, 11) is 0. The molecule has 3 heterocycles. The molecule has 3 rings (SSSR count). The minimum absolute atomic E-state index is 0.542. The topological polar surface area (TPSA) is 28.2 Å². The Labute approximate surface area is 115 Å². The van der Waals surface area contributed by atoms with Crippen LogP contribution in [0.5, 0.6) is 0 Å². The Morgan fingerprint density at radius 1 is 1.53 bits per heavy atom. The van der Waals surface area contributed by atoms with Crippen molar-refractivity contribution < 1.29 is 0 Å². The quantitative estimate of drug-likeness (QED) is 0.863. The molecule has 0 amide bonds. The molecule has 0 aromatic carbocycles. The van der Waals surface area contributed by atoms with Gasteiger partial charge < -0.3 is 10.2 Å². The number of nitrogens with zero attached hydrogens (tertiary/aromatic N) is 2. The number of fused-ring (bicyclic) bond motifs is 1. The zero-order chi connectivity index (χ0) is 12.0. The van der Waals surface area contributed by atoms with Gasteiger partial charge in [-0.3, -0.25) is 0 Å². The summed E-state index contributed by atoms with van der Waals surface area (Å²) in [5, 5.41) is 4.15. The number of anilines is 1. The normalized spacial score (nSPS) is 31.9. The van der Waals surface area contributed by atoms with Crippen LogP contribution in [0.1, 0.15) is 6.92 Å². The molecule has 3 nitrogen and oxygen atoms in total. The molecule has 0 aliphatic carbocycles. The van der Waals surface area contributed by atoms with Crippen LogP contribution in [0, 0.1) is 11.8 Å². The number of pyridine rings is 1. The smallest absolute Gasteiger partial charge is 0.143 e. The van der Waals surface area contributed by atoms with Crippen molar-refractivity contribution in [1.29, 1.82) is 0 Å². The maximum atomic E-state index is 5.93. The van der Waals surface area contributed by atoms with Crippen LogP contribution in [-0.2, 0) is 0 Å². The molecule has 0 spiro atoms. The van der Waals surface area contributed by atoms with E-state index in [0.717, 1.165) is 41.8 Å². The van der Waals surface area contributed by atoms with Crippen molar-refractivity contribution >= 4 is 33.3 Å². The summed E-state index contributed by atoms with van der Waals surface area (Å²) in [6, 6.07) is 2.46. The van der Waals surface area contributed by atoms with Gasteiger partial charge in [0.15, 0.2) is 0 Å². The average molecular weight is 317 g/mol. The summed E-state index contributed by atoms with van der Waals surface area (Å²) in [6.45, 7) is 5.65. The Morgan fingerprint density at radius 2 is 2.35 bits per heavy atom. The van der Waals surface area contributed by atoms with Crippen molar-refractivity contribution in [3.63, 3.8) is 0 Å². The van der Waals surface area contributed by atoms with Crippen molar-refractivity contribution in [2.45, 2.75) is 13.0 Å². The number of hydrogen-bond donors (Lipinski definition) is 1. The van der Waals surface area contributed by atoms with Gasteiger partial charge in [-0.2, -0.15) is 0 Å². The first kappa shape index (κ1) is 11.8. The highest BCUT2D eigenvalue weighted by Gasteiger charge is 2.42. The lowest BCUT2D eigenvalue weighted by Gasteiger charge is -2.26. The highest BCUT2D eigenvalue weighted by molar-refractivity contribution is 9.10. The minimum Gasteiger partial charge on any atom is -0.352 e. The van der Waals surface area contributed by atoms with E-state index in [1.807, 2.05) is 6.07 Å². The van der Waals surface area contributed by atoms with E-state index in [1.165, 1.54) is 0 Å². The Balaban J connectivity index is 1.90. The molecule has 1 aromatic heterocycles. The Hall–Kier alpha value is -0.320. The number of rotatable bonds is 1. The second-order valence-electron chi connectivity index (χ2n) is 4.93. The maximum Gasteiger partial charge on any atom is 0.143 e. The van der Waals surface area contributed by atoms with Crippen molar-refractivity contribution in [3.8, 4) is 0 Å². The maximum absolute atomic E-state index is 5.93. The van der Waals surface area contributed by atoms with E-state index >= 15 is 0 Å². The predicted molar refractivity (Wildman–Crippen MR) is 73.6 cm³/mol. The molecule has 2 fully saturated rings. The molecular formula is C12H15BrClN3. The van der Waals surface area contributed by atoms with E-state index in [1.54, 1.807) is 6.20 Å². The summed E-state index contributed by atoms with van der Waals surface area (Å²) in [6.07, 6.45) is 1.72. The lowest BCUT2D eigenvalue weighted by Crippen LogP contribution is -2.33. The van der Waals surface area contributed by atoms with E-state index in [0.29, 0.717) is 11.1 Å². The van der Waals surface area contributed by atoms with Crippen molar-refractivity contribution in [3.05, 3.63) is 21.8 Å². The second kappa shape index (κ2) is 4.41. The zero-order valence-electron chi connectivity index (χ0n) is 9.66. The van der Waals surface area contributed by atoms with Crippen molar-refractivity contribution in [2.75, 3.05) is 24.5 Å². The van der Waals surface area contributed by atoms with Crippen LogP contribution in [0.25, 0.3) is 0 Å². The fourth-order valence-corrected chi connectivity index (χ4v) is 3.93. The summed E-state index contributed by atoms with van der Waals surface area (Å²) >= 11 is 9.49. The van der Waals surface area contributed by atoms with Gasteiger partial charge in [-0.15, -0.1) is 0 Å². The van der Waals surface area contributed by atoms with E-state index in [2.05, 4.69) is 38.1 Å². The third-order valence-corrected chi connectivity index (χ3v) is 4.79. The van der Waals surface area contributed by atoms with Gasteiger partial charge in [-0.1, -0.05) is 11.6 Å². The standard InChI is InChI=1S/C12H15BrClN3/c1-7-10-5-15-3-8(10)6-17(7)12-11(13)2-9(14)4-16-12/h2,4,7-8,10,15H,3,5-6H2,1H3. The molecule has 0 saturated carbocycles. The molecule has 2 aliphatic rings. The molecule has 1 aromatic rings. The van der Waals surface area contributed by atoms with Crippen LogP contribution in [-0.4, -0.2) is 30.7 Å². The SMILES string of the molecule is CC1C2CNCC2CN1c1ncc(Cl)cc1Br. The van der Waals surface area contributed by atoms with Gasteiger partial charge in [0, 0.05) is 31.9 Å². The van der Waals surface area contributed by atoms with E-state index < -0.39 is 0 Å². The summed E-state index contributed by atoms with van der Waals surface area (Å²) in [5.41, 5.74) is 0. The van der Waals surface area contributed by atoms with Crippen molar-refractivity contribution in [1.82, 2.24) is 10.3 Å². The number of aromatic nitrogens is 1. The lowest BCUT2D eigenvalue weighted by atomic mass is 9.95. The minimum atomic E-state index is 0.542. The lowest BCUT2D eigenvalue weighted by molar-refractivity contribution is 0.471. The van der Waals surface area contributed by atoms with Gasteiger partial charge in [0.2, 0.25) is 0 Å². The van der Waals surface area contributed by atoms with E-state index in [9.17, 15) is 0 Å². The highest BCUT2D eigenvalue weighted by Crippen LogP contribution is 2.38. The second-order valence-corrected chi connectivity index (χ2v) is 6.22. The fourth-order valence-electron chi connectivity index (χ4n) is 3.07. The van der Waals surface area contributed by atoms with Gasteiger partial charge in [0.25, 0.3) is 0 Å². The molecular weight excluding hydrogens is 302 g/mol. The third-order valence-electron chi connectivity index (χ3n) is 3.99. The van der Waals surface area contributed by atoms with Crippen LogP contribution in [0.3, 0.4) is 0 Å². The molecule has 2 saturated heterocycles. The van der Waals surface area contributed by atoms with Crippen LogP contribution < -0.4 is 10.2 Å². The first-order valence-electron chi connectivity index (χ1n) is 5.95. The molecule has 0 radical (unpaired) electrons. The molecule has 17 heavy (non-hydrogen) atoms. The van der Waals surface area contributed by atoms with Crippen molar-refractivity contribution in [2.24, 2.45) is 11.8 Å². The molecule has 1 N–H and O–H groups in total. The number of hydrogen-bond acceptors (Lipinski definition) is 3. The Morgan fingerprint density at radius 3 is 3.06 bits per heavy atom. The molecule has 2 aliphatic heterocycles. The molecule has 3 unspecified atom stereocenters. The van der Waals surface area contributed by atoms with Crippen LogP contribution in [0.4, 0.5) is 5.82 Å². The average Bonchev–Trinajstić information content (AvgIpc) is 2.83. The summed E-state index contributed by atoms with van der Waals surface area (Å²) in [5.74, 6) is 2.53. The monoisotopic (exact) mass is 315 g/mol. The summed E-state index contributed by atoms with van der Waals surface area (Å²) in [4.78, 5) is 6.86. The first-order valence-corrected chi connectivity index (χ1v) is 7.12. The molecule has 3 atom stereocenters. The van der Waals surface area contributed by atoms with Crippen LogP contribution >= 0.6 is 27.5 Å². The van der Waals surface area contributed by atoms with E-state index in [4.69, 9.17) is 11.6 Å². The number of halogens is 2.